The van der Waals surface area contributed by atoms with Crippen molar-refractivity contribution in [2.75, 3.05) is 7.05 Å². The first-order valence-corrected chi connectivity index (χ1v) is 23.1. The number of carbonyl (C=O) groups is 9. The van der Waals surface area contributed by atoms with Crippen molar-refractivity contribution < 1.29 is 58.1 Å². The number of phenolic OH excluding ortho intramolecular Hbond substituents is 1. The third kappa shape index (κ3) is 14.7. The summed E-state index contributed by atoms with van der Waals surface area (Å²) >= 11 is 0. The molecule has 2 bridgehead atoms. The second kappa shape index (κ2) is 24.5. The highest BCUT2D eigenvalue weighted by Crippen LogP contribution is 2.26. The van der Waals surface area contributed by atoms with Gasteiger partial charge in [-0.1, -0.05) is 84.0 Å². The summed E-state index contributed by atoms with van der Waals surface area (Å²) in [5, 5.41) is 34.7. The van der Waals surface area contributed by atoms with Gasteiger partial charge in [0.05, 0.1) is 0 Å². The second-order valence-corrected chi connectivity index (χ2v) is 18.7. The molecule has 20 heteroatoms. The Balaban J connectivity index is 1.88. The Labute approximate surface area is 396 Å². The molecule has 4 rings (SSSR count). The number of aliphatic hydroxyl groups is 1. The monoisotopic (exact) mass is 948 g/mol. The van der Waals surface area contributed by atoms with Gasteiger partial charge in [-0.25, -0.2) is 4.79 Å². The third-order valence-corrected chi connectivity index (χ3v) is 12.0. The average molecular weight is 949 g/mol. The van der Waals surface area contributed by atoms with E-state index in [0.29, 0.717) is 11.1 Å². The number of aromatic hydroxyl groups is 1. The fraction of sp³-hybridized carbons (Fsp3) is 0.562. The number of nitrogens with zero attached hydrogens (tertiary/aromatic N) is 2. The van der Waals surface area contributed by atoms with E-state index in [0.717, 1.165) is 9.80 Å². The smallest absolute Gasteiger partial charge is 0.329 e. The number of fused-ring (bicyclic) bond motifs is 2. The summed E-state index contributed by atoms with van der Waals surface area (Å²) in [6, 6.07) is 4.65. The maximum atomic E-state index is 15.0. The Bertz CT molecular complexity index is 2130. The van der Waals surface area contributed by atoms with Gasteiger partial charge in [-0.05, 0) is 67.7 Å². The lowest BCUT2D eigenvalue weighted by Gasteiger charge is -2.43. The molecular weight excluding hydrogens is 881 g/mol. The summed E-state index contributed by atoms with van der Waals surface area (Å²) in [7, 11) is 1.36. The maximum Gasteiger partial charge on any atom is 0.329 e. The highest BCUT2D eigenvalue weighted by Gasteiger charge is 2.46. The molecular formula is C48H68N8O12. The molecule has 2 aliphatic rings. The highest BCUT2D eigenvalue weighted by atomic mass is 16.5. The summed E-state index contributed by atoms with van der Waals surface area (Å²) in [6.45, 7) is 11.3. The first kappa shape index (κ1) is 54.0. The molecule has 2 fully saturated rings. The summed E-state index contributed by atoms with van der Waals surface area (Å²) in [5.74, 6) is -8.98. The molecule has 2 saturated heterocycles. The van der Waals surface area contributed by atoms with Crippen molar-refractivity contribution in [1.82, 2.24) is 36.4 Å². The number of carbonyl (C=O) groups excluding carboxylic acids is 9. The second-order valence-electron chi connectivity index (χ2n) is 18.7. The van der Waals surface area contributed by atoms with E-state index in [1.165, 1.54) is 26.1 Å². The molecule has 1 unspecified atom stereocenters. The van der Waals surface area contributed by atoms with Gasteiger partial charge in [-0.15, -0.1) is 0 Å². The van der Waals surface area contributed by atoms with Crippen LogP contribution in [0.2, 0.25) is 0 Å². The molecule has 0 radical (unpaired) electrons. The van der Waals surface area contributed by atoms with Crippen molar-refractivity contribution in [3.05, 3.63) is 65.7 Å². The number of aliphatic hydroxyl groups excluding tert-OH is 1. The van der Waals surface area contributed by atoms with Crippen LogP contribution in [0, 0.1) is 17.8 Å². The highest BCUT2D eigenvalue weighted by molar-refractivity contribution is 5.98. The van der Waals surface area contributed by atoms with Crippen LogP contribution in [0.5, 0.6) is 5.75 Å². The predicted octanol–water partition coefficient (Wildman–Crippen LogP) is 0.307. The van der Waals surface area contributed by atoms with E-state index in [1.807, 2.05) is 0 Å². The van der Waals surface area contributed by atoms with Crippen LogP contribution in [-0.4, -0.2) is 135 Å². The number of hydrogen-bond donors (Lipinski definition) is 8. The van der Waals surface area contributed by atoms with Gasteiger partial charge in [-0.3, -0.25) is 38.4 Å². The minimum atomic E-state index is -1.75. The van der Waals surface area contributed by atoms with Gasteiger partial charge in [0.15, 0.2) is 0 Å². The van der Waals surface area contributed by atoms with Gasteiger partial charge in [0.2, 0.25) is 47.3 Å². The molecule has 0 spiro atoms. The zero-order chi connectivity index (χ0) is 50.6. The van der Waals surface area contributed by atoms with Crippen LogP contribution in [0.3, 0.4) is 0 Å². The van der Waals surface area contributed by atoms with Crippen LogP contribution in [0.1, 0.15) is 91.7 Å². The molecule has 68 heavy (non-hydrogen) atoms. The zero-order valence-electron chi connectivity index (χ0n) is 40.0. The SMILES string of the molecule is CC(C)C[C@@H]1NC(=O)[C@@H](NC(=O)[C@H](CCC(N)=O)NC(=O)C(C)C)[C@@H](C)OC(=O)[C@H](C(C)C)NC(=O)[C@H](Cc2ccc(O)cc2)N(C)C(=O)[C@H](Cc2ccccc2)N2C(=O)C(CC[C@@H]2O)NC1=O. The van der Waals surface area contributed by atoms with Crippen LogP contribution < -0.4 is 32.3 Å². The van der Waals surface area contributed by atoms with Crippen molar-refractivity contribution in [3.63, 3.8) is 0 Å². The Morgan fingerprint density at radius 1 is 0.794 bits per heavy atom. The van der Waals surface area contributed by atoms with E-state index in [-0.39, 0.29) is 56.6 Å². The maximum absolute atomic E-state index is 15.0. The lowest BCUT2D eigenvalue weighted by Crippen LogP contribution is -2.65. The van der Waals surface area contributed by atoms with Crippen molar-refractivity contribution in [2.45, 2.75) is 148 Å². The van der Waals surface area contributed by atoms with Gasteiger partial charge in [0.25, 0.3) is 0 Å². The number of rotatable bonds is 14. The summed E-state index contributed by atoms with van der Waals surface area (Å²) in [6.07, 6.45) is -3.92. The number of primary amides is 1. The number of ether oxygens (including phenoxy) is 1. The molecule has 2 aromatic carbocycles. The molecule has 0 aliphatic carbocycles. The van der Waals surface area contributed by atoms with E-state index in [2.05, 4.69) is 26.6 Å². The molecule has 2 heterocycles. The minimum Gasteiger partial charge on any atom is -0.508 e. The quantitative estimate of drug-likeness (QED) is 0.119. The van der Waals surface area contributed by atoms with E-state index < -0.39 is 120 Å². The number of phenols is 1. The number of nitrogens with one attached hydrogen (secondary N) is 5. The van der Waals surface area contributed by atoms with Gasteiger partial charge >= 0.3 is 5.97 Å². The number of cyclic esters (lactones) is 1. The fourth-order valence-electron chi connectivity index (χ4n) is 8.04. The molecule has 2 aliphatic heterocycles. The van der Waals surface area contributed by atoms with Crippen LogP contribution in [0.15, 0.2) is 54.6 Å². The average Bonchev–Trinajstić information content (AvgIpc) is 3.27. The Kier molecular flexibility index (Phi) is 19.4. The largest absolute Gasteiger partial charge is 0.508 e. The van der Waals surface area contributed by atoms with E-state index in [4.69, 9.17) is 10.5 Å². The summed E-state index contributed by atoms with van der Waals surface area (Å²) < 4.78 is 5.86. The van der Waals surface area contributed by atoms with Gasteiger partial charge in [-0.2, -0.15) is 0 Å². The third-order valence-electron chi connectivity index (χ3n) is 12.0. The Morgan fingerprint density at radius 2 is 1.41 bits per heavy atom. The number of hydrogen-bond acceptors (Lipinski definition) is 12. The number of benzene rings is 2. The van der Waals surface area contributed by atoms with Crippen LogP contribution in [-0.2, 0) is 60.7 Å². The molecule has 20 nitrogen and oxygen atoms in total. The van der Waals surface area contributed by atoms with Gasteiger partial charge < -0.3 is 57.1 Å². The van der Waals surface area contributed by atoms with E-state index in [1.54, 1.807) is 84.0 Å². The molecule has 2 aromatic rings. The van der Waals surface area contributed by atoms with E-state index in [9.17, 15) is 48.6 Å². The number of piperidine rings is 1. The van der Waals surface area contributed by atoms with Crippen molar-refractivity contribution in [2.24, 2.45) is 23.5 Å². The molecule has 9 N–H and O–H groups in total. The molecule has 0 aromatic heterocycles. The lowest BCUT2D eigenvalue weighted by atomic mass is 9.95. The van der Waals surface area contributed by atoms with Crippen molar-refractivity contribution in [1.29, 1.82) is 0 Å². The normalized spacial score (nSPS) is 25.1. The molecule has 9 atom stereocenters. The van der Waals surface area contributed by atoms with Crippen LogP contribution >= 0.6 is 0 Å². The lowest BCUT2D eigenvalue weighted by molar-refractivity contribution is -0.165. The summed E-state index contributed by atoms with van der Waals surface area (Å²) in [4.78, 5) is 128. The number of esters is 1. The topological polar surface area (TPSA) is 296 Å². The van der Waals surface area contributed by atoms with Crippen LogP contribution in [0.4, 0.5) is 0 Å². The Morgan fingerprint density at radius 3 is 2.00 bits per heavy atom. The number of likely N-dealkylation sites (N-methyl/N-ethyl adjacent to an activating group) is 1. The van der Waals surface area contributed by atoms with Crippen LogP contribution in [0.25, 0.3) is 0 Å². The first-order chi connectivity index (χ1) is 32.0. The number of amides is 8. The number of nitrogens with two attached hydrogens (primary N) is 1. The standard InChI is InChI=1S/C48H68N8O12/c1-25(2)22-34-43(62)51-33-19-21-38(59)56(46(33)65)36(24-29-12-10-9-11-13-29)47(66)55(8)35(23-30-14-16-31(57)17-15-30)44(63)53-39(26(3)4)48(67)68-28(7)40(45(64)52-34)54-42(61)32(18-20-37(49)58)50-41(60)27(5)6/h9-17,25-28,32-36,38-40,57,59H,18-24H2,1-8H3,(H2,49,58)(H,50,60)(H,51,62)(H,52,64)(H,53,63)(H,54,61)/t28-,32+,33?,34+,35+,36+,38+,39+,40+/m1/s1. The fourth-order valence-corrected chi connectivity index (χ4v) is 8.04. The van der Waals surface area contributed by atoms with Gasteiger partial charge in [0, 0.05) is 32.2 Å². The van der Waals surface area contributed by atoms with Crippen molar-refractivity contribution in [3.8, 4) is 5.75 Å². The zero-order valence-corrected chi connectivity index (χ0v) is 40.0. The molecule has 0 saturated carbocycles. The first-order valence-electron chi connectivity index (χ1n) is 23.1. The van der Waals surface area contributed by atoms with Gasteiger partial charge in [0.1, 0.15) is 60.4 Å². The molecule has 372 valence electrons. The summed E-state index contributed by atoms with van der Waals surface area (Å²) in [5.41, 5.74) is 6.50. The minimum absolute atomic E-state index is 0.0229. The predicted molar refractivity (Wildman–Crippen MR) is 247 cm³/mol. The molecule has 8 amide bonds. The van der Waals surface area contributed by atoms with Crippen molar-refractivity contribution >= 4 is 53.2 Å². The Hall–Kier alpha value is -6.57. The van der Waals surface area contributed by atoms with E-state index >= 15 is 4.79 Å².